The lowest BCUT2D eigenvalue weighted by atomic mass is 9.74. The average Bonchev–Trinajstić information content (AvgIpc) is 3.05. The number of aryl methyl sites for hydroxylation is 2. The van der Waals surface area contributed by atoms with Gasteiger partial charge in [0, 0.05) is 17.4 Å². The summed E-state index contributed by atoms with van der Waals surface area (Å²) >= 11 is 0. The molecule has 1 N–H and O–H groups in total. The molecule has 0 aliphatic carbocycles. The summed E-state index contributed by atoms with van der Waals surface area (Å²) < 4.78 is 19.2. The Morgan fingerprint density at radius 3 is 2.27 bits per heavy atom. The van der Waals surface area contributed by atoms with Crippen molar-refractivity contribution in [3.8, 4) is 28.4 Å². The van der Waals surface area contributed by atoms with E-state index >= 15 is 0 Å². The third-order valence-corrected chi connectivity index (χ3v) is 8.92. The molecular weight excluding hydrogens is 560 g/mol. The predicted octanol–water partition coefficient (Wildman–Crippen LogP) is 10.2. The first-order valence-corrected chi connectivity index (χ1v) is 15.9. The summed E-state index contributed by atoms with van der Waals surface area (Å²) in [6, 6.07) is 30.9. The van der Waals surface area contributed by atoms with Crippen LogP contribution >= 0.6 is 0 Å². The Kier molecular flexibility index (Phi) is 10.4. The Labute approximate surface area is 267 Å². The molecule has 234 valence electrons. The van der Waals surface area contributed by atoms with Gasteiger partial charge in [0.15, 0.2) is 6.61 Å². The Hall–Kier alpha value is -4.35. The molecule has 5 heteroatoms. The minimum atomic E-state index is -1.03. The first kappa shape index (κ1) is 32.1. The van der Waals surface area contributed by atoms with Gasteiger partial charge in [-0.2, -0.15) is 0 Å². The van der Waals surface area contributed by atoms with Gasteiger partial charge in [0.2, 0.25) is 0 Å². The average molecular weight is 605 g/mol. The lowest BCUT2D eigenvalue weighted by Gasteiger charge is -2.43. The van der Waals surface area contributed by atoms with Crippen molar-refractivity contribution >= 4 is 5.97 Å². The van der Waals surface area contributed by atoms with Gasteiger partial charge in [0.1, 0.15) is 17.2 Å². The Balaban J connectivity index is 1.50. The highest BCUT2D eigenvalue weighted by Gasteiger charge is 2.40. The standard InChI is InChI=1S/C40H44O5/c1-6-7-13-38-35(31-17-15-30(16-18-31)29-11-9-8-10-12-29)24-34(26(2)3)40(45-38)36-23-33(20-21-37(36)43-25-39(41)42)44-32-19-14-27(4)28(5)22-32/h8-12,14-23,34-35,38,40H,2,6-7,13,24-25H2,1,3-5H3,(H,41,42)/t34-,35-,38+,40+/m0/s1. The molecule has 1 heterocycles. The van der Waals surface area contributed by atoms with Crippen LogP contribution in [0, 0.1) is 19.8 Å². The molecule has 0 saturated carbocycles. The van der Waals surface area contributed by atoms with Crippen LogP contribution in [-0.2, 0) is 9.53 Å². The Bertz CT molecular complexity index is 1610. The highest BCUT2D eigenvalue weighted by atomic mass is 16.5. The number of rotatable bonds is 12. The fraction of sp³-hybridized carbons (Fsp3) is 0.325. The van der Waals surface area contributed by atoms with E-state index in [1.54, 1.807) is 6.07 Å². The SMILES string of the molecule is C=C(C)[C@@H]1C[C@@H](c2ccc(-c3ccccc3)cc2)[C@@H](CCCC)O[C@H]1c1cc(Oc2ccc(C)c(C)c2)ccc1OCC(=O)O. The van der Waals surface area contributed by atoms with Crippen molar-refractivity contribution in [3.05, 3.63) is 125 Å². The van der Waals surface area contributed by atoms with Crippen LogP contribution in [0.3, 0.4) is 0 Å². The van der Waals surface area contributed by atoms with Gasteiger partial charge in [-0.1, -0.05) is 92.6 Å². The third-order valence-electron chi connectivity index (χ3n) is 8.92. The second-order valence-corrected chi connectivity index (χ2v) is 12.3. The van der Waals surface area contributed by atoms with E-state index in [0.29, 0.717) is 11.5 Å². The Morgan fingerprint density at radius 2 is 1.60 bits per heavy atom. The third kappa shape index (κ3) is 7.84. The zero-order valence-corrected chi connectivity index (χ0v) is 26.8. The number of carbonyl (C=O) groups is 1. The molecule has 5 rings (SSSR count). The van der Waals surface area contributed by atoms with Crippen LogP contribution in [0.1, 0.15) is 73.8 Å². The van der Waals surface area contributed by atoms with Crippen molar-refractivity contribution in [2.75, 3.05) is 6.61 Å². The second kappa shape index (κ2) is 14.6. The van der Waals surface area contributed by atoms with E-state index in [4.69, 9.17) is 14.2 Å². The molecule has 1 fully saturated rings. The lowest BCUT2D eigenvalue weighted by Crippen LogP contribution is -2.36. The molecule has 0 radical (unpaired) electrons. The number of carboxylic acid groups (broad SMARTS) is 1. The summed E-state index contributed by atoms with van der Waals surface area (Å²) in [5, 5.41) is 9.41. The lowest BCUT2D eigenvalue weighted by molar-refractivity contribution is -0.139. The predicted molar refractivity (Wildman–Crippen MR) is 180 cm³/mol. The van der Waals surface area contributed by atoms with E-state index < -0.39 is 12.6 Å². The molecule has 0 amide bonds. The molecule has 0 bridgehead atoms. The minimum Gasteiger partial charge on any atom is -0.482 e. The van der Waals surface area contributed by atoms with Gasteiger partial charge in [0.25, 0.3) is 0 Å². The van der Waals surface area contributed by atoms with Crippen molar-refractivity contribution in [3.63, 3.8) is 0 Å². The maximum Gasteiger partial charge on any atom is 0.341 e. The maximum absolute atomic E-state index is 11.5. The van der Waals surface area contributed by atoms with Crippen LogP contribution in [0.25, 0.3) is 11.1 Å². The van der Waals surface area contributed by atoms with E-state index in [-0.39, 0.29) is 24.0 Å². The van der Waals surface area contributed by atoms with Crippen LogP contribution in [0.15, 0.2) is 103 Å². The number of aliphatic carboxylic acids is 1. The van der Waals surface area contributed by atoms with Crippen LogP contribution in [0.2, 0.25) is 0 Å². The number of unbranched alkanes of at least 4 members (excludes halogenated alkanes) is 1. The van der Waals surface area contributed by atoms with E-state index in [1.165, 1.54) is 22.3 Å². The molecule has 0 aromatic heterocycles. The zero-order valence-electron chi connectivity index (χ0n) is 26.8. The monoisotopic (exact) mass is 604 g/mol. The summed E-state index contributed by atoms with van der Waals surface area (Å²) in [5.41, 5.74) is 7.79. The molecule has 4 aromatic carbocycles. The molecule has 4 aromatic rings. The molecule has 45 heavy (non-hydrogen) atoms. The highest BCUT2D eigenvalue weighted by molar-refractivity contribution is 5.68. The molecule has 5 nitrogen and oxygen atoms in total. The van der Waals surface area contributed by atoms with Crippen molar-refractivity contribution in [2.24, 2.45) is 5.92 Å². The van der Waals surface area contributed by atoms with E-state index in [2.05, 4.69) is 82.8 Å². The molecule has 4 atom stereocenters. The van der Waals surface area contributed by atoms with E-state index in [0.717, 1.165) is 48.1 Å². The first-order chi connectivity index (χ1) is 21.7. The topological polar surface area (TPSA) is 65.0 Å². The van der Waals surface area contributed by atoms with Gasteiger partial charge in [-0.25, -0.2) is 4.79 Å². The number of benzene rings is 4. The fourth-order valence-corrected chi connectivity index (χ4v) is 6.25. The van der Waals surface area contributed by atoms with Crippen molar-refractivity contribution < 1.29 is 24.1 Å². The smallest absolute Gasteiger partial charge is 0.341 e. The van der Waals surface area contributed by atoms with E-state index in [9.17, 15) is 9.90 Å². The van der Waals surface area contributed by atoms with E-state index in [1.807, 2.05) is 36.4 Å². The normalized spacial score (nSPS) is 19.6. The fourth-order valence-electron chi connectivity index (χ4n) is 6.25. The largest absolute Gasteiger partial charge is 0.482 e. The summed E-state index contributed by atoms with van der Waals surface area (Å²) in [5.74, 6) is 1.02. The quantitative estimate of drug-likeness (QED) is 0.163. The van der Waals surface area contributed by atoms with Gasteiger partial charge >= 0.3 is 5.97 Å². The van der Waals surface area contributed by atoms with Crippen LogP contribution in [0.5, 0.6) is 17.2 Å². The summed E-state index contributed by atoms with van der Waals surface area (Å²) in [6.07, 6.45) is 3.51. The summed E-state index contributed by atoms with van der Waals surface area (Å²) in [4.78, 5) is 11.5. The Morgan fingerprint density at radius 1 is 0.911 bits per heavy atom. The summed E-state index contributed by atoms with van der Waals surface area (Å²) in [6.45, 7) is 12.3. The molecule has 0 unspecified atom stereocenters. The van der Waals surface area contributed by atoms with Crippen molar-refractivity contribution in [1.29, 1.82) is 0 Å². The number of hydrogen-bond donors (Lipinski definition) is 1. The van der Waals surface area contributed by atoms with Crippen LogP contribution in [0.4, 0.5) is 0 Å². The molecule has 1 aliphatic heterocycles. The van der Waals surface area contributed by atoms with Gasteiger partial charge in [-0.15, -0.1) is 0 Å². The van der Waals surface area contributed by atoms with Gasteiger partial charge in [-0.3, -0.25) is 0 Å². The number of hydrogen-bond acceptors (Lipinski definition) is 4. The van der Waals surface area contributed by atoms with Gasteiger partial charge < -0.3 is 19.3 Å². The molecule has 0 spiro atoms. The second-order valence-electron chi connectivity index (χ2n) is 12.3. The molecular formula is C40H44O5. The van der Waals surface area contributed by atoms with Crippen LogP contribution < -0.4 is 9.47 Å². The number of ether oxygens (including phenoxy) is 3. The van der Waals surface area contributed by atoms with Crippen LogP contribution in [-0.4, -0.2) is 23.8 Å². The first-order valence-electron chi connectivity index (χ1n) is 15.9. The molecule has 1 saturated heterocycles. The van der Waals surface area contributed by atoms with Crippen molar-refractivity contribution in [1.82, 2.24) is 0 Å². The zero-order chi connectivity index (χ0) is 31.9. The van der Waals surface area contributed by atoms with Gasteiger partial charge in [-0.05, 0) is 91.8 Å². The van der Waals surface area contributed by atoms with Crippen molar-refractivity contribution in [2.45, 2.75) is 71.5 Å². The van der Waals surface area contributed by atoms with Gasteiger partial charge in [0.05, 0.1) is 12.2 Å². The molecule has 1 aliphatic rings. The number of carboxylic acids is 1. The minimum absolute atomic E-state index is 0.00859. The highest BCUT2D eigenvalue weighted by Crippen LogP contribution is 2.50. The summed E-state index contributed by atoms with van der Waals surface area (Å²) in [7, 11) is 0. The maximum atomic E-state index is 11.5.